The number of hydrogen-bond donors (Lipinski definition) is 2. The van der Waals surface area contributed by atoms with E-state index in [1.807, 2.05) is 60.7 Å². The normalized spacial score (nSPS) is 11.8. The van der Waals surface area contributed by atoms with Crippen molar-refractivity contribution < 1.29 is 9.53 Å². The summed E-state index contributed by atoms with van der Waals surface area (Å²) in [7, 11) is 0. The summed E-state index contributed by atoms with van der Waals surface area (Å²) in [6.07, 6.45) is 1.57. The minimum absolute atomic E-state index is 0.0561. The van der Waals surface area contributed by atoms with Crippen LogP contribution in [0, 0.1) is 20.8 Å². The second-order valence-corrected chi connectivity index (χ2v) is 9.34. The van der Waals surface area contributed by atoms with Crippen LogP contribution in [0.5, 0.6) is 5.75 Å². The Labute approximate surface area is 215 Å². The molecule has 1 aliphatic carbocycles. The number of anilines is 3. The lowest BCUT2D eigenvalue weighted by atomic mass is 9.85. The summed E-state index contributed by atoms with van der Waals surface area (Å²) in [5.74, 6) is 0.689. The van der Waals surface area contributed by atoms with E-state index in [0.29, 0.717) is 22.3 Å². The predicted molar refractivity (Wildman–Crippen MR) is 148 cm³/mol. The highest BCUT2D eigenvalue weighted by molar-refractivity contribution is 6.28. The van der Waals surface area contributed by atoms with Crippen LogP contribution in [-0.4, -0.2) is 22.5 Å². The maximum Gasteiger partial charge on any atom is 0.196 e. The quantitative estimate of drug-likeness (QED) is 0.248. The minimum Gasteiger partial charge on any atom is -0.473 e. The fourth-order valence-electron chi connectivity index (χ4n) is 5.17. The summed E-state index contributed by atoms with van der Waals surface area (Å²) in [5.41, 5.74) is 9.45. The van der Waals surface area contributed by atoms with Gasteiger partial charge in [0.05, 0.1) is 28.1 Å². The first-order valence-corrected chi connectivity index (χ1v) is 12.2. The van der Waals surface area contributed by atoms with Gasteiger partial charge in [-0.15, -0.1) is 0 Å². The van der Waals surface area contributed by atoms with Crippen LogP contribution in [0.25, 0.3) is 22.2 Å². The van der Waals surface area contributed by atoms with Gasteiger partial charge in [0.25, 0.3) is 0 Å². The summed E-state index contributed by atoms with van der Waals surface area (Å²) in [6, 6.07) is 23.5. The molecule has 6 rings (SSSR count). The zero-order chi connectivity index (χ0) is 25.5. The molecule has 1 aliphatic rings. The van der Waals surface area contributed by atoms with Crippen molar-refractivity contribution in [1.29, 1.82) is 0 Å². The zero-order valence-electron chi connectivity index (χ0n) is 20.9. The van der Waals surface area contributed by atoms with Crippen LogP contribution < -0.4 is 15.4 Å². The first kappa shape index (κ1) is 22.7. The van der Waals surface area contributed by atoms with Crippen molar-refractivity contribution >= 4 is 33.7 Å². The van der Waals surface area contributed by atoms with Crippen molar-refractivity contribution in [2.75, 3.05) is 17.4 Å². The average Bonchev–Trinajstić information content (AvgIpc) is 2.90. The Morgan fingerprint density at radius 1 is 0.811 bits per heavy atom. The Balaban J connectivity index is 1.52. The van der Waals surface area contributed by atoms with Crippen LogP contribution in [0.4, 0.5) is 17.1 Å². The third-order valence-corrected chi connectivity index (χ3v) is 6.75. The molecule has 6 nitrogen and oxygen atoms in total. The number of nitrogens with zero attached hydrogens (tertiary/aromatic N) is 2. The Morgan fingerprint density at radius 3 is 2.27 bits per heavy atom. The van der Waals surface area contributed by atoms with Gasteiger partial charge in [0.1, 0.15) is 12.1 Å². The smallest absolute Gasteiger partial charge is 0.196 e. The van der Waals surface area contributed by atoms with Gasteiger partial charge in [-0.1, -0.05) is 60.2 Å². The van der Waals surface area contributed by atoms with Crippen LogP contribution in [0.2, 0.25) is 0 Å². The molecule has 0 bridgehead atoms. The van der Waals surface area contributed by atoms with Gasteiger partial charge in [-0.05, 0) is 50.1 Å². The maximum atomic E-state index is 13.8. The van der Waals surface area contributed by atoms with E-state index in [4.69, 9.17) is 4.74 Å². The molecule has 0 atom stereocenters. The molecule has 0 unspecified atom stereocenters. The summed E-state index contributed by atoms with van der Waals surface area (Å²) in [4.78, 5) is 23.1. The SMILES string of the molecule is Cc1cc(C)c(Nc2cc(NCOc3ccccc3)c3c4c(ncnc24)-c2ccccc2C3=O)c(C)c1. The topological polar surface area (TPSA) is 76.1 Å². The molecule has 0 saturated carbocycles. The molecule has 6 heteroatoms. The van der Waals surface area contributed by atoms with Gasteiger partial charge in [-0.25, -0.2) is 9.97 Å². The number of ether oxygens (including phenoxy) is 1. The second-order valence-electron chi connectivity index (χ2n) is 9.34. The number of carbonyl (C=O) groups is 1. The molecular weight excluding hydrogens is 460 g/mol. The molecule has 0 amide bonds. The average molecular weight is 487 g/mol. The summed E-state index contributed by atoms with van der Waals surface area (Å²) >= 11 is 0. The monoisotopic (exact) mass is 486 g/mol. The van der Waals surface area contributed by atoms with Gasteiger partial charge in [0, 0.05) is 22.2 Å². The number of aromatic nitrogens is 2. The zero-order valence-corrected chi connectivity index (χ0v) is 20.9. The third-order valence-electron chi connectivity index (χ3n) is 6.75. The van der Waals surface area contributed by atoms with E-state index in [9.17, 15) is 4.79 Å². The van der Waals surface area contributed by atoms with E-state index >= 15 is 0 Å². The fourth-order valence-corrected chi connectivity index (χ4v) is 5.17. The first-order valence-electron chi connectivity index (χ1n) is 12.2. The Morgan fingerprint density at radius 2 is 1.51 bits per heavy atom. The van der Waals surface area contributed by atoms with E-state index < -0.39 is 0 Å². The van der Waals surface area contributed by atoms with E-state index in [0.717, 1.165) is 44.9 Å². The van der Waals surface area contributed by atoms with Crippen molar-refractivity contribution in [3.63, 3.8) is 0 Å². The highest BCUT2D eigenvalue weighted by Gasteiger charge is 2.30. The number of hydrogen-bond acceptors (Lipinski definition) is 6. The maximum absolute atomic E-state index is 13.8. The summed E-state index contributed by atoms with van der Waals surface area (Å²) < 4.78 is 5.91. The molecule has 0 spiro atoms. The fraction of sp³-hybridized carbons (Fsp3) is 0.129. The molecule has 182 valence electrons. The van der Waals surface area contributed by atoms with Crippen LogP contribution in [0.3, 0.4) is 0 Å². The molecule has 4 aromatic carbocycles. The number of aryl methyl sites for hydroxylation is 3. The van der Waals surface area contributed by atoms with E-state index in [1.165, 1.54) is 5.56 Å². The number of para-hydroxylation sites is 1. The van der Waals surface area contributed by atoms with Crippen molar-refractivity contribution in [2.24, 2.45) is 0 Å². The lowest BCUT2D eigenvalue weighted by molar-refractivity contribution is 0.104. The standard InChI is InChI=1S/C31H26N4O2/c1-18-13-19(2)28(20(3)14-18)35-25-15-24(34-17-37-21-9-5-4-6-10-21)26-27-29(32-16-33-30(25)27)22-11-7-8-12-23(22)31(26)36/h4-16,34-35H,17H2,1-3H3. The van der Waals surface area contributed by atoms with Crippen molar-refractivity contribution in [3.8, 4) is 17.0 Å². The number of carbonyl (C=O) groups excluding carboxylic acids is 1. The molecule has 0 fully saturated rings. The van der Waals surface area contributed by atoms with E-state index in [1.54, 1.807) is 6.33 Å². The molecule has 0 saturated heterocycles. The van der Waals surface area contributed by atoms with Gasteiger partial charge < -0.3 is 15.4 Å². The van der Waals surface area contributed by atoms with Gasteiger partial charge in [-0.3, -0.25) is 4.79 Å². The number of fused-ring (bicyclic) bond motifs is 2. The predicted octanol–water partition coefficient (Wildman–Crippen LogP) is 6.96. The summed E-state index contributed by atoms with van der Waals surface area (Å²) in [6.45, 7) is 6.48. The lowest BCUT2D eigenvalue weighted by Gasteiger charge is -2.24. The molecule has 0 aliphatic heterocycles. The summed E-state index contributed by atoms with van der Waals surface area (Å²) in [5, 5.41) is 7.71. The van der Waals surface area contributed by atoms with Crippen LogP contribution in [0.15, 0.2) is 79.1 Å². The molecule has 1 heterocycles. The molecule has 1 aromatic heterocycles. The van der Waals surface area contributed by atoms with Gasteiger partial charge in [0.15, 0.2) is 12.5 Å². The molecular formula is C31H26N4O2. The lowest BCUT2D eigenvalue weighted by Crippen LogP contribution is -2.17. The Bertz CT molecular complexity index is 1660. The Kier molecular flexibility index (Phi) is 5.57. The Hall–Kier alpha value is -4.71. The van der Waals surface area contributed by atoms with Crippen LogP contribution >= 0.6 is 0 Å². The number of rotatable bonds is 6. The molecule has 2 N–H and O–H groups in total. The van der Waals surface area contributed by atoms with Gasteiger partial charge >= 0.3 is 0 Å². The number of nitrogens with one attached hydrogen (secondary N) is 2. The third kappa shape index (κ3) is 3.96. The van der Waals surface area contributed by atoms with E-state index in [-0.39, 0.29) is 12.5 Å². The van der Waals surface area contributed by atoms with Gasteiger partial charge in [0.2, 0.25) is 0 Å². The highest BCUT2D eigenvalue weighted by Crippen LogP contribution is 2.44. The molecule has 37 heavy (non-hydrogen) atoms. The number of ketones is 1. The largest absolute Gasteiger partial charge is 0.473 e. The molecule has 5 aromatic rings. The second kappa shape index (κ2) is 9.06. The molecule has 0 radical (unpaired) electrons. The van der Waals surface area contributed by atoms with E-state index in [2.05, 4.69) is 53.5 Å². The van der Waals surface area contributed by atoms with Crippen LogP contribution in [0.1, 0.15) is 32.6 Å². The highest BCUT2D eigenvalue weighted by atomic mass is 16.5. The van der Waals surface area contributed by atoms with Crippen LogP contribution in [-0.2, 0) is 0 Å². The first-order chi connectivity index (χ1) is 18.0. The minimum atomic E-state index is -0.0561. The van der Waals surface area contributed by atoms with Crippen molar-refractivity contribution in [1.82, 2.24) is 9.97 Å². The van der Waals surface area contributed by atoms with Crippen molar-refractivity contribution in [3.05, 3.63) is 107 Å². The van der Waals surface area contributed by atoms with Gasteiger partial charge in [-0.2, -0.15) is 0 Å². The van der Waals surface area contributed by atoms with Crippen molar-refractivity contribution in [2.45, 2.75) is 20.8 Å². The number of benzene rings is 4.